The van der Waals surface area contributed by atoms with Crippen molar-refractivity contribution in [2.24, 2.45) is 0 Å². The van der Waals surface area contributed by atoms with Crippen LogP contribution in [-0.2, 0) is 16.1 Å². The number of anilines is 2. The van der Waals surface area contributed by atoms with Crippen LogP contribution >= 0.6 is 0 Å². The van der Waals surface area contributed by atoms with Gasteiger partial charge in [0, 0.05) is 36.9 Å². The maximum Gasteiger partial charge on any atom is 0.262 e. The highest BCUT2D eigenvalue weighted by atomic mass is 16.5. The first-order valence-corrected chi connectivity index (χ1v) is 11.7. The highest BCUT2D eigenvalue weighted by Gasteiger charge is 2.22. The minimum Gasteiger partial charge on any atom is -0.484 e. The first-order valence-electron chi connectivity index (χ1n) is 11.7. The second-order valence-corrected chi connectivity index (χ2v) is 8.84. The summed E-state index contributed by atoms with van der Waals surface area (Å²) in [5, 5.41) is 3.01. The molecule has 6 nitrogen and oxygen atoms in total. The molecule has 0 aromatic heterocycles. The fraction of sp³-hybridized carbons (Fsp3) is 0.462. The van der Waals surface area contributed by atoms with E-state index in [1.54, 1.807) is 17.0 Å². The number of rotatable bonds is 8. The molecule has 2 amide bonds. The van der Waals surface area contributed by atoms with Crippen molar-refractivity contribution < 1.29 is 14.3 Å². The number of benzene rings is 2. The summed E-state index contributed by atoms with van der Waals surface area (Å²) in [6.07, 6.45) is 7.97. The topological polar surface area (TPSA) is 61.9 Å². The molecule has 0 spiro atoms. The number of nitrogens with zero attached hydrogens (tertiary/aromatic N) is 2. The summed E-state index contributed by atoms with van der Waals surface area (Å²) in [5.41, 5.74) is 2.83. The normalized spacial score (nSPS) is 17.1. The van der Waals surface area contributed by atoms with E-state index in [-0.39, 0.29) is 18.4 Å². The highest BCUT2D eigenvalue weighted by Crippen LogP contribution is 2.26. The maximum atomic E-state index is 12.5. The van der Waals surface area contributed by atoms with E-state index in [4.69, 9.17) is 4.74 Å². The molecule has 2 aliphatic rings. The fourth-order valence-corrected chi connectivity index (χ4v) is 4.68. The monoisotopic (exact) mass is 435 g/mol. The average molecular weight is 436 g/mol. The Kier molecular flexibility index (Phi) is 7.43. The van der Waals surface area contributed by atoms with E-state index in [0.717, 1.165) is 36.4 Å². The third-order valence-corrected chi connectivity index (χ3v) is 6.50. The van der Waals surface area contributed by atoms with Crippen molar-refractivity contribution in [3.8, 4) is 5.75 Å². The van der Waals surface area contributed by atoms with E-state index >= 15 is 0 Å². The lowest BCUT2D eigenvalue weighted by Gasteiger charge is -2.31. The SMILES string of the molecule is CN(Cc1ccccc1NC(=O)COc1ccc(N2CCCC2=O)cc1)C1CCCCC1. The van der Waals surface area contributed by atoms with Crippen LogP contribution < -0.4 is 15.0 Å². The largest absolute Gasteiger partial charge is 0.484 e. The number of carbonyl (C=O) groups is 2. The lowest BCUT2D eigenvalue weighted by Crippen LogP contribution is -2.33. The third kappa shape index (κ3) is 5.68. The van der Waals surface area contributed by atoms with Crippen molar-refractivity contribution in [3.05, 3.63) is 54.1 Å². The van der Waals surface area contributed by atoms with Gasteiger partial charge in [0.25, 0.3) is 5.91 Å². The van der Waals surface area contributed by atoms with Crippen molar-refractivity contribution in [2.45, 2.75) is 57.5 Å². The van der Waals surface area contributed by atoms with Gasteiger partial charge < -0.3 is 15.0 Å². The van der Waals surface area contributed by atoms with E-state index in [9.17, 15) is 9.59 Å². The van der Waals surface area contributed by atoms with E-state index < -0.39 is 0 Å². The molecule has 0 bridgehead atoms. The molecule has 2 aromatic carbocycles. The Morgan fingerprint density at radius 2 is 1.81 bits per heavy atom. The van der Waals surface area contributed by atoms with Gasteiger partial charge in [0.1, 0.15) is 5.75 Å². The van der Waals surface area contributed by atoms with Gasteiger partial charge in [-0.1, -0.05) is 37.5 Å². The predicted octanol–water partition coefficient (Wildman–Crippen LogP) is 4.60. The van der Waals surface area contributed by atoms with Gasteiger partial charge in [0.2, 0.25) is 5.91 Å². The van der Waals surface area contributed by atoms with Gasteiger partial charge in [-0.25, -0.2) is 0 Å². The summed E-state index contributed by atoms with van der Waals surface area (Å²) in [6, 6.07) is 16.0. The van der Waals surface area contributed by atoms with Gasteiger partial charge >= 0.3 is 0 Å². The van der Waals surface area contributed by atoms with Crippen molar-refractivity contribution in [3.63, 3.8) is 0 Å². The second kappa shape index (κ2) is 10.6. The van der Waals surface area contributed by atoms with Crippen molar-refractivity contribution in [1.82, 2.24) is 4.90 Å². The molecule has 4 rings (SSSR count). The minimum atomic E-state index is -0.184. The van der Waals surface area contributed by atoms with Crippen LogP contribution in [0.2, 0.25) is 0 Å². The van der Waals surface area contributed by atoms with Gasteiger partial charge in [-0.15, -0.1) is 0 Å². The molecule has 2 aromatic rings. The minimum absolute atomic E-state index is 0.0607. The number of carbonyl (C=O) groups excluding carboxylic acids is 2. The molecule has 32 heavy (non-hydrogen) atoms. The zero-order valence-corrected chi connectivity index (χ0v) is 18.9. The Balaban J connectivity index is 1.30. The van der Waals surface area contributed by atoms with E-state index in [1.165, 1.54) is 32.1 Å². The molecular weight excluding hydrogens is 402 g/mol. The number of amides is 2. The van der Waals surface area contributed by atoms with Crippen molar-refractivity contribution in [2.75, 3.05) is 30.4 Å². The number of hydrogen-bond acceptors (Lipinski definition) is 4. The van der Waals surface area contributed by atoms with Crippen molar-refractivity contribution in [1.29, 1.82) is 0 Å². The maximum absolute atomic E-state index is 12.5. The molecule has 2 fully saturated rings. The third-order valence-electron chi connectivity index (χ3n) is 6.50. The predicted molar refractivity (Wildman–Crippen MR) is 127 cm³/mol. The number of para-hydroxylation sites is 1. The molecule has 0 unspecified atom stereocenters. The molecule has 170 valence electrons. The second-order valence-electron chi connectivity index (χ2n) is 8.84. The van der Waals surface area contributed by atoms with Crippen LogP contribution in [0.25, 0.3) is 0 Å². The van der Waals surface area contributed by atoms with Gasteiger partial charge in [0.05, 0.1) is 0 Å². The molecule has 1 saturated carbocycles. The summed E-state index contributed by atoms with van der Waals surface area (Å²) in [5.74, 6) is 0.586. The lowest BCUT2D eigenvalue weighted by molar-refractivity contribution is -0.118. The van der Waals surface area contributed by atoms with Gasteiger partial charge in [-0.3, -0.25) is 14.5 Å². The van der Waals surface area contributed by atoms with Gasteiger partial charge in [-0.2, -0.15) is 0 Å². The Morgan fingerprint density at radius 1 is 1.06 bits per heavy atom. The highest BCUT2D eigenvalue weighted by molar-refractivity contribution is 5.95. The smallest absolute Gasteiger partial charge is 0.262 e. The molecule has 1 aliphatic carbocycles. The fourth-order valence-electron chi connectivity index (χ4n) is 4.68. The Labute approximate surface area is 190 Å². The first-order chi connectivity index (χ1) is 15.6. The average Bonchev–Trinajstić information content (AvgIpc) is 3.25. The Morgan fingerprint density at radius 3 is 2.53 bits per heavy atom. The molecule has 1 aliphatic heterocycles. The summed E-state index contributed by atoms with van der Waals surface area (Å²) in [7, 11) is 2.18. The first kappa shape index (κ1) is 22.3. The number of nitrogens with one attached hydrogen (secondary N) is 1. The summed E-state index contributed by atoms with van der Waals surface area (Å²) < 4.78 is 5.67. The molecule has 1 heterocycles. The molecule has 6 heteroatoms. The van der Waals surface area contributed by atoms with Crippen LogP contribution in [-0.4, -0.2) is 43.0 Å². The van der Waals surface area contributed by atoms with Crippen LogP contribution in [0, 0.1) is 0 Å². The van der Waals surface area contributed by atoms with E-state index in [1.807, 2.05) is 30.3 Å². The summed E-state index contributed by atoms with van der Waals surface area (Å²) >= 11 is 0. The van der Waals surface area contributed by atoms with Crippen LogP contribution in [0.4, 0.5) is 11.4 Å². The summed E-state index contributed by atoms with van der Waals surface area (Å²) in [4.78, 5) is 28.6. The van der Waals surface area contributed by atoms with E-state index in [0.29, 0.717) is 18.2 Å². The number of ether oxygens (including phenoxy) is 1. The number of hydrogen-bond donors (Lipinski definition) is 1. The Bertz CT molecular complexity index is 922. The van der Waals surface area contributed by atoms with Crippen LogP contribution in [0.3, 0.4) is 0 Å². The lowest BCUT2D eigenvalue weighted by atomic mass is 9.94. The van der Waals surface area contributed by atoms with Gasteiger partial charge in [0.15, 0.2) is 6.61 Å². The molecular formula is C26H33N3O3. The molecule has 0 atom stereocenters. The molecule has 0 radical (unpaired) electrons. The van der Waals surface area contributed by atoms with E-state index in [2.05, 4.69) is 23.3 Å². The Hall–Kier alpha value is -2.86. The van der Waals surface area contributed by atoms with Crippen LogP contribution in [0.5, 0.6) is 5.75 Å². The zero-order chi connectivity index (χ0) is 22.3. The van der Waals surface area contributed by atoms with Crippen molar-refractivity contribution >= 4 is 23.2 Å². The summed E-state index contributed by atoms with van der Waals surface area (Å²) in [6.45, 7) is 1.52. The zero-order valence-electron chi connectivity index (χ0n) is 18.9. The standard InChI is InChI=1S/C26H33N3O3/c1-28(21-9-3-2-4-10-21)18-20-8-5-6-11-24(20)27-25(30)19-32-23-15-13-22(14-16-23)29-17-7-12-26(29)31/h5-6,8,11,13-16,21H,2-4,7,9-10,12,17-19H2,1H3,(H,27,30). The molecule has 1 N–H and O–H groups in total. The molecule has 1 saturated heterocycles. The van der Waals surface area contributed by atoms with Gasteiger partial charge in [-0.05, 0) is 62.2 Å². The van der Waals surface area contributed by atoms with Crippen LogP contribution in [0.15, 0.2) is 48.5 Å². The van der Waals surface area contributed by atoms with Crippen LogP contribution in [0.1, 0.15) is 50.5 Å². The quantitative estimate of drug-likeness (QED) is 0.659.